The fraction of sp³-hybridized carbons (Fsp3) is 0.111. The first-order valence-electron chi connectivity index (χ1n) is 3.79. The van der Waals surface area contributed by atoms with E-state index in [0.717, 1.165) is 10.7 Å². The molecule has 0 amide bonds. The molecule has 15 heavy (non-hydrogen) atoms. The van der Waals surface area contributed by atoms with Gasteiger partial charge in [-0.2, -0.15) is 0 Å². The van der Waals surface area contributed by atoms with Crippen LogP contribution in [0, 0.1) is 22.7 Å². The summed E-state index contributed by atoms with van der Waals surface area (Å²) in [6.45, 7) is 0. The Kier molecular flexibility index (Phi) is 3.49. The topological polar surface area (TPSA) is 81.7 Å². The molecular formula is C9H6N2O2SSe. The van der Waals surface area contributed by atoms with Crippen molar-refractivity contribution < 1.29 is 8.42 Å². The van der Waals surface area contributed by atoms with E-state index in [0.29, 0.717) is 3.77 Å². The molecule has 76 valence electrons. The van der Waals surface area contributed by atoms with Crippen LogP contribution in [0.5, 0.6) is 0 Å². The van der Waals surface area contributed by atoms with Gasteiger partial charge in [-0.15, -0.1) is 0 Å². The summed E-state index contributed by atoms with van der Waals surface area (Å²) >= 11 is -0.327. The van der Waals surface area contributed by atoms with Gasteiger partial charge >= 0.3 is 93.7 Å². The van der Waals surface area contributed by atoms with E-state index in [9.17, 15) is 8.42 Å². The van der Waals surface area contributed by atoms with Crippen molar-refractivity contribution >= 4 is 30.4 Å². The quantitative estimate of drug-likeness (QED) is 0.588. The number of sulfone groups is 1. The maximum atomic E-state index is 11.2. The van der Waals surface area contributed by atoms with Crippen LogP contribution in [-0.4, -0.2) is 29.2 Å². The maximum absolute atomic E-state index is 11.2. The van der Waals surface area contributed by atoms with Crippen LogP contribution in [0.2, 0.25) is 0 Å². The Morgan fingerprint density at radius 2 is 2.00 bits per heavy atom. The molecule has 0 N–H and O–H groups in total. The second kappa shape index (κ2) is 4.46. The summed E-state index contributed by atoms with van der Waals surface area (Å²) in [6.07, 6.45) is 2.57. The zero-order chi connectivity index (χ0) is 11.5. The minimum atomic E-state index is -3.14. The Morgan fingerprint density at radius 1 is 1.40 bits per heavy atom. The molecule has 4 nitrogen and oxygen atoms in total. The van der Waals surface area contributed by atoms with Crippen molar-refractivity contribution in [1.29, 1.82) is 10.5 Å². The summed E-state index contributed by atoms with van der Waals surface area (Å²) in [5.74, 6) is 0. The van der Waals surface area contributed by atoms with Crippen molar-refractivity contribution in [1.82, 2.24) is 0 Å². The molecule has 0 aliphatic carbocycles. The molecule has 0 bridgehead atoms. The van der Waals surface area contributed by atoms with Gasteiger partial charge in [-0.05, 0) is 0 Å². The predicted molar refractivity (Wildman–Crippen MR) is 55.7 cm³/mol. The van der Waals surface area contributed by atoms with Gasteiger partial charge < -0.3 is 0 Å². The van der Waals surface area contributed by atoms with E-state index >= 15 is 0 Å². The zero-order valence-corrected chi connectivity index (χ0v) is 10.3. The van der Waals surface area contributed by atoms with Gasteiger partial charge in [0.2, 0.25) is 0 Å². The summed E-state index contributed by atoms with van der Waals surface area (Å²) in [5.41, 5.74) is -0.00808. The first-order valence-corrected chi connectivity index (χ1v) is 7.39. The van der Waals surface area contributed by atoms with Gasteiger partial charge in [0.1, 0.15) is 0 Å². The van der Waals surface area contributed by atoms with Gasteiger partial charge in [0.05, 0.1) is 0 Å². The molecule has 0 spiro atoms. The molecule has 0 fully saturated rings. The van der Waals surface area contributed by atoms with Crippen molar-refractivity contribution in [2.24, 2.45) is 0 Å². The van der Waals surface area contributed by atoms with Crippen molar-refractivity contribution in [3.8, 4) is 12.1 Å². The zero-order valence-electron chi connectivity index (χ0n) is 7.76. The van der Waals surface area contributed by atoms with E-state index in [1.54, 1.807) is 18.2 Å². The molecule has 1 rings (SSSR count). The van der Waals surface area contributed by atoms with Crippen LogP contribution in [0.3, 0.4) is 0 Å². The van der Waals surface area contributed by atoms with Gasteiger partial charge in [-0.3, -0.25) is 0 Å². The van der Waals surface area contributed by atoms with Crippen molar-refractivity contribution in [2.75, 3.05) is 6.26 Å². The first kappa shape index (κ1) is 11.7. The van der Waals surface area contributed by atoms with Crippen LogP contribution in [0.15, 0.2) is 21.5 Å². The van der Waals surface area contributed by atoms with Crippen LogP contribution in [0.25, 0.3) is 6.08 Å². The molecule has 0 saturated carbocycles. The summed E-state index contributed by atoms with van der Waals surface area (Å²) < 4.78 is 23.4. The number of rotatable bonds is 2. The van der Waals surface area contributed by atoms with Crippen molar-refractivity contribution in [2.45, 2.75) is 3.77 Å². The molecule has 0 aromatic carbocycles. The van der Waals surface area contributed by atoms with E-state index in [2.05, 4.69) is 0 Å². The number of hydrogen-bond acceptors (Lipinski definition) is 4. The Bertz CT molecular complexity index is 568. The van der Waals surface area contributed by atoms with Crippen LogP contribution >= 0.6 is 0 Å². The normalized spacial score (nSPS) is 10.1. The predicted octanol–water partition coefficient (Wildman–Crippen LogP) is 0.578. The SMILES string of the molecule is CS(=O)(=O)c1ccc(C=C(C#N)C#N)[se]1. The van der Waals surface area contributed by atoms with Gasteiger partial charge in [-0.25, -0.2) is 0 Å². The van der Waals surface area contributed by atoms with Crippen molar-refractivity contribution in [3.63, 3.8) is 0 Å². The molecule has 1 aromatic rings. The fourth-order valence-electron chi connectivity index (χ4n) is 0.843. The van der Waals surface area contributed by atoms with Crippen LogP contribution in [0.4, 0.5) is 0 Å². The summed E-state index contributed by atoms with van der Waals surface area (Å²) in [5, 5.41) is 17.0. The first-order chi connectivity index (χ1) is 6.97. The average Bonchev–Trinajstić information content (AvgIpc) is 2.61. The fourth-order valence-corrected chi connectivity index (χ4v) is 4.19. The third-order valence-electron chi connectivity index (χ3n) is 1.50. The number of nitrogens with zero attached hydrogens (tertiary/aromatic N) is 2. The average molecular weight is 285 g/mol. The van der Waals surface area contributed by atoms with Crippen LogP contribution in [0.1, 0.15) is 4.44 Å². The van der Waals surface area contributed by atoms with E-state index in [1.165, 1.54) is 12.1 Å². The molecule has 6 heteroatoms. The van der Waals surface area contributed by atoms with E-state index in [-0.39, 0.29) is 20.1 Å². The Hall–Kier alpha value is -1.33. The Balaban J connectivity index is 3.14. The minimum absolute atomic E-state index is 0.00808. The third-order valence-corrected chi connectivity index (χ3v) is 6.44. The molecule has 0 aliphatic rings. The molecule has 0 unspecified atom stereocenters. The third kappa shape index (κ3) is 3.07. The molecule has 1 heterocycles. The Morgan fingerprint density at radius 3 is 2.40 bits per heavy atom. The second-order valence-electron chi connectivity index (χ2n) is 2.71. The molecule has 1 aromatic heterocycles. The summed E-state index contributed by atoms with van der Waals surface area (Å²) in [6, 6.07) is 6.61. The molecule has 0 atom stereocenters. The van der Waals surface area contributed by atoms with Gasteiger partial charge in [0.25, 0.3) is 0 Å². The molecule has 0 saturated heterocycles. The van der Waals surface area contributed by atoms with Gasteiger partial charge in [0, 0.05) is 0 Å². The number of hydrogen-bond donors (Lipinski definition) is 0. The Labute approximate surface area is 93.7 Å². The summed E-state index contributed by atoms with van der Waals surface area (Å²) in [7, 11) is -3.14. The van der Waals surface area contributed by atoms with Gasteiger partial charge in [0.15, 0.2) is 0 Å². The molecule has 0 aliphatic heterocycles. The molecule has 0 radical (unpaired) electrons. The molecular weight excluding hydrogens is 279 g/mol. The van der Waals surface area contributed by atoms with Crippen molar-refractivity contribution in [3.05, 3.63) is 22.1 Å². The number of allylic oxidation sites excluding steroid dienone is 1. The standard InChI is InChI=1S/C9H6N2O2SSe/c1-14(12,13)9-3-2-8(15-9)4-7(5-10)6-11/h2-4H,1H3. The van der Waals surface area contributed by atoms with E-state index < -0.39 is 9.84 Å². The monoisotopic (exact) mass is 286 g/mol. The van der Waals surface area contributed by atoms with Crippen LogP contribution < -0.4 is 0 Å². The van der Waals surface area contributed by atoms with Crippen LogP contribution in [-0.2, 0) is 9.84 Å². The van der Waals surface area contributed by atoms with Gasteiger partial charge in [-0.1, -0.05) is 0 Å². The van der Waals surface area contributed by atoms with E-state index in [1.807, 2.05) is 0 Å². The second-order valence-corrected chi connectivity index (χ2v) is 7.62. The summed E-state index contributed by atoms with van der Waals surface area (Å²) in [4.78, 5) is 0. The number of nitriles is 2. The van der Waals surface area contributed by atoms with E-state index in [4.69, 9.17) is 10.5 Å².